The van der Waals surface area contributed by atoms with E-state index in [9.17, 15) is 19.8 Å². The first-order valence-corrected chi connectivity index (χ1v) is 6.48. The van der Waals surface area contributed by atoms with Crippen LogP contribution >= 0.6 is 0 Å². The monoisotopic (exact) mass is 299 g/mol. The number of hydrogen-bond donors (Lipinski definition) is 2. The van der Waals surface area contributed by atoms with Crippen LogP contribution in [-0.4, -0.2) is 25.6 Å². The Hall–Kier alpha value is -3.09. The summed E-state index contributed by atoms with van der Waals surface area (Å²) in [7, 11) is 2.72. The largest absolute Gasteiger partial charge is 0.508 e. The van der Waals surface area contributed by atoms with E-state index >= 15 is 0 Å². The molecule has 0 saturated carbocycles. The molecule has 0 unspecified atom stereocenters. The maximum Gasteiger partial charge on any atom is 0.333 e. The van der Waals surface area contributed by atoms with E-state index in [1.165, 1.54) is 38.5 Å². The van der Waals surface area contributed by atoms with Crippen molar-refractivity contribution in [1.29, 1.82) is 0 Å². The molecular formula is C15H13N3O4. The zero-order valence-corrected chi connectivity index (χ0v) is 11.9. The molecule has 2 aromatic rings. The second-order valence-electron chi connectivity index (χ2n) is 5.00. The van der Waals surface area contributed by atoms with Gasteiger partial charge in [0.05, 0.1) is 5.69 Å². The normalized spacial score (nSPS) is 14.5. The Bertz CT molecular complexity index is 964. The average Bonchev–Trinajstić information content (AvgIpc) is 2.90. The Morgan fingerprint density at radius 1 is 1.14 bits per heavy atom. The van der Waals surface area contributed by atoms with Gasteiger partial charge in [0.25, 0.3) is 5.56 Å². The van der Waals surface area contributed by atoms with E-state index < -0.39 is 17.1 Å². The quantitative estimate of drug-likeness (QED) is 0.812. The Kier molecular flexibility index (Phi) is 2.98. The third kappa shape index (κ3) is 1.95. The molecule has 0 atom stereocenters. The molecule has 0 fully saturated rings. The zero-order chi connectivity index (χ0) is 16.0. The standard InChI is InChI=1S/C15H13N3O4/c1-17-13(20)11(14(21)18(2)15(17)22)5-8-7-16-12-4-3-9(19)6-10(8)12/h3-7,19-20H,1-2H3. The van der Waals surface area contributed by atoms with Crippen molar-refractivity contribution in [3.8, 4) is 11.6 Å². The Morgan fingerprint density at radius 2 is 1.86 bits per heavy atom. The van der Waals surface area contributed by atoms with Crippen LogP contribution in [0.1, 0.15) is 11.1 Å². The maximum atomic E-state index is 12.2. The molecule has 1 aromatic heterocycles. The van der Waals surface area contributed by atoms with Gasteiger partial charge in [-0.1, -0.05) is 0 Å². The Balaban J connectivity index is 2.26. The molecule has 0 aliphatic carbocycles. The molecule has 22 heavy (non-hydrogen) atoms. The van der Waals surface area contributed by atoms with E-state index in [-0.39, 0.29) is 11.3 Å². The summed E-state index contributed by atoms with van der Waals surface area (Å²) < 4.78 is 1.91. The van der Waals surface area contributed by atoms with Crippen molar-refractivity contribution in [3.05, 3.63) is 50.2 Å². The van der Waals surface area contributed by atoms with Gasteiger partial charge in [0.2, 0.25) is 5.88 Å². The number of allylic oxidation sites excluding steroid dienone is 1. The van der Waals surface area contributed by atoms with Crippen molar-refractivity contribution in [3.63, 3.8) is 0 Å². The minimum absolute atomic E-state index is 0.0118. The van der Waals surface area contributed by atoms with Crippen molar-refractivity contribution >= 4 is 23.6 Å². The second kappa shape index (κ2) is 4.73. The van der Waals surface area contributed by atoms with Gasteiger partial charge in [-0.15, -0.1) is 0 Å². The molecule has 7 heteroatoms. The highest BCUT2D eigenvalue weighted by atomic mass is 16.3. The van der Waals surface area contributed by atoms with E-state index in [0.29, 0.717) is 16.8 Å². The van der Waals surface area contributed by atoms with Crippen LogP contribution in [0.2, 0.25) is 0 Å². The molecule has 3 rings (SSSR count). The lowest BCUT2D eigenvalue weighted by Crippen LogP contribution is -2.37. The fourth-order valence-corrected chi connectivity index (χ4v) is 2.33. The molecule has 0 bridgehead atoms. The highest BCUT2D eigenvalue weighted by Gasteiger charge is 2.17. The Morgan fingerprint density at radius 3 is 2.59 bits per heavy atom. The number of aromatic hydroxyl groups is 2. The van der Waals surface area contributed by atoms with E-state index in [0.717, 1.165) is 9.13 Å². The van der Waals surface area contributed by atoms with Gasteiger partial charge in [0, 0.05) is 31.4 Å². The van der Waals surface area contributed by atoms with Crippen LogP contribution in [-0.2, 0) is 14.1 Å². The number of aliphatic imine (C=N–C) groups is 1. The molecule has 0 saturated heterocycles. The van der Waals surface area contributed by atoms with Crippen molar-refractivity contribution in [2.75, 3.05) is 0 Å². The number of hydrogen-bond acceptors (Lipinski definition) is 5. The highest BCUT2D eigenvalue weighted by molar-refractivity contribution is 6.21. The molecule has 1 aliphatic heterocycles. The number of rotatable bonds is 1. The number of phenols is 1. The summed E-state index contributed by atoms with van der Waals surface area (Å²) in [6.45, 7) is 0. The number of benzene rings is 1. The third-order valence-corrected chi connectivity index (χ3v) is 3.60. The lowest BCUT2D eigenvalue weighted by Gasteiger charge is -2.08. The first kappa shape index (κ1) is 13.9. The third-order valence-electron chi connectivity index (χ3n) is 3.60. The fourth-order valence-electron chi connectivity index (χ4n) is 2.33. The summed E-state index contributed by atoms with van der Waals surface area (Å²) in [6.07, 6.45) is 2.99. The van der Waals surface area contributed by atoms with Gasteiger partial charge < -0.3 is 10.2 Å². The van der Waals surface area contributed by atoms with Gasteiger partial charge in [-0.25, -0.2) is 4.79 Å². The van der Waals surface area contributed by atoms with E-state index in [4.69, 9.17) is 0 Å². The molecular weight excluding hydrogens is 286 g/mol. The molecule has 0 spiro atoms. The number of phenolic OH excluding ortho intramolecular Hbond substituents is 1. The van der Waals surface area contributed by atoms with Crippen molar-refractivity contribution in [2.24, 2.45) is 19.1 Å². The minimum atomic E-state index is -0.609. The molecule has 1 aromatic carbocycles. The zero-order valence-electron chi connectivity index (χ0n) is 11.9. The molecule has 112 valence electrons. The molecule has 7 nitrogen and oxygen atoms in total. The molecule has 2 heterocycles. The van der Waals surface area contributed by atoms with Gasteiger partial charge in [-0.05, 0) is 24.3 Å². The van der Waals surface area contributed by atoms with Gasteiger partial charge in [0.1, 0.15) is 11.3 Å². The maximum absolute atomic E-state index is 12.2. The smallest absolute Gasteiger partial charge is 0.333 e. The minimum Gasteiger partial charge on any atom is -0.508 e. The predicted molar refractivity (Wildman–Crippen MR) is 82.7 cm³/mol. The first-order chi connectivity index (χ1) is 10.4. The molecule has 2 N–H and O–H groups in total. The van der Waals surface area contributed by atoms with Gasteiger partial charge in [0.15, 0.2) is 0 Å². The summed E-state index contributed by atoms with van der Waals surface area (Å²) in [4.78, 5) is 28.1. The lowest BCUT2D eigenvalue weighted by atomic mass is 10.0. The van der Waals surface area contributed by atoms with Crippen LogP contribution in [0, 0.1) is 0 Å². The molecule has 1 aliphatic rings. The van der Waals surface area contributed by atoms with Gasteiger partial charge in [-0.3, -0.25) is 18.9 Å². The number of nitrogens with zero attached hydrogens (tertiary/aromatic N) is 3. The topological polar surface area (TPSA) is 96.8 Å². The summed E-state index contributed by atoms with van der Waals surface area (Å²) >= 11 is 0. The fraction of sp³-hybridized carbons (Fsp3) is 0.133. The van der Waals surface area contributed by atoms with Crippen LogP contribution < -0.4 is 11.2 Å². The van der Waals surface area contributed by atoms with Crippen LogP contribution in [0.3, 0.4) is 0 Å². The van der Waals surface area contributed by atoms with Crippen molar-refractivity contribution in [2.45, 2.75) is 0 Å². The summed E-state index contributed by atoms with van der Waals surface area (Å²) in [5.41, 5.74) is 0.651. The predicted octanol–water partition coefficient (Wildman–Crippen LogP) is 0.752. The van der Waals surface area contributed by atoms with Crippen molar-refractivity contribution in [1.82, 2.24) is 9.13 Å². The Labute approximate surface area is 124 Å². The van der Waals surface area contributed by atoms with E-state index in [1.807, 2.05) is 0 Å². The number of aromatic nitrogens is 2. The number of fused-ring (bicyclic) bond motifs is 1. The van der Waals surface area contributed by atoms with E-state index in [1.54, 1.807) is 6.07 Å². The lowest BCUT2D eigenvalue weighted by molar-refractivity contribution is 0.410. The van der Waals surface area contributed by atoms with Gasteiger partial charge in [-0.2, -0.15) is 0 Å². The van der Waals surface area contributed by atoms with Crippen LogP contribution in [0.4, 0.5) is 5.69 Å². The summed E-state index contributed by atoms with van der Waals surface area (Å²) in [6, 6.07) is 4.69. The van der Waals surface area contributed by atoms with Crippen molar-refractivity contribution < 1.29 is 10.2 Å². The SMILES string of the molecule is Cn1c(O)c(C=C2C=Nc3ccc(O)cc32)c(=O)n(C)c1=O. The second-order valence-corrected chi connectivity index (χ2v) is 5.00. The molecule has 0 amide bonds. The van der Waals surface area contributed by atoms with Gasteiger partial charge >= 0.3 is 5.69 Å². The van der Waals surface area contributed by atoms with E-state index in [2.05, 4.69) is 4.99 Å². The molecule has 0 radical (unpaired) electrons. The van der Waals surface area contributed by atoms with Crippen LogP contribution in [0.25, 0.3) is 11.6 Å². The average molecular weight is 299 g/mol. The van der Waals surface area contributed by atoms with Crippen LogP contribution in [0.15, 0.2) is 32.8 Å². The first-order valence-electron chi connectivity index (χ1n) is 6.48. The van der Waals surface area contributed by atoms with Crippen LogP contribution in [0.5, 0.6) is 11.6 Å². The summed E-state index contributed by atoms with van der Waals surface area (Å²) in [5, 5.41) is 19.6. The highest BCUT2D eigenvalue weighted by Crippen LogP contribution is 2.35. The summed E-state index contributed by atoms with van der Waals surface area (Å²) in [5.74, 6) is -0.338.